The number of aliphatic hydroxyl groups excluding tert-OH is 2. The molecule has 5 rings (SSSR count). The van der Waals surface area contributed by atoms with Gasteiger partial charge in [-0.3, -0.25) is 9.47 Å². The minimum absolute atomic E-state index is 0.174. The summed E-state index contributed by atoms with van der Waals surface area (Å²) in [4.78, 5) is 4.79. The van der Waals surface area contributed by atoms with Crippen LogP contribution in [0.25, 0.3) is 0 Å². The van der Waals surface area contributed by atoms with E-state index in [1.54, 1.807) is 0 Å². The average molecular weight is 470 g/mol. The van der Waals surface area contributed by atoms with Gasteiger partial charge in [0, 0.05) is 32.7 Å². The molecule has 4 N–H and O–H groups in total. The lowest BCUT2D eigenvalue weighted by molar-refractivity contribution is 0.184. The Kier molecular flexibility index (Phi) is 6.72. The van der Waals surface area contributed by atoms with Crippen LogP contribution in [0.15, 0.2) is 36.4 Å². The van der Waals surface area contributed by atoms with Crippen molar-refractivity contribution in [1.82, 2.24) is 9.47 Å². The van der Waals surface area contributed by atoms with Gasteiger partial charge in [-0.2, -0.15) is 0 Å². The predicted octanol–water partition coefficient (Wildman–Crippen LogP) is 3.07. The Labute approximate surface area is 200 Å². The molecule has 8 heteroatoms. The van der Waals surface area contributed by atoms with Crippen molar-refractivity contribution in [3.63, 3.8) is 0 Å². The van der Waals surface area contributed by atoms with Crippen LogP contribution in [-0.4, -0.2) is 68.7 Å². The fourth-order valence-corrected chi connectivity index (χ4v) is 5.50. The quantitative estimate of drug-likeness (QED) is 0.462. The molecular formula is C26H35N3O5. The van der Waals surface area contributed by atoms with E-state index in [1.807, 2.05) is 6.07 Å². The third kappa shape index (κ3) is 4.50. The van der Waals surface area contributed by atoms with Crippen LogP contribution in [0.4, 0.5) is 5.69 Å². The molecule has 2 aromatic rings. The van der Waals surface area contributed by atoms with Gasteiger partial charge in [-0.25, -0.2) is 0 Å². The maximum Gasteiger partial charge on any atom is 0.200 e. The van der Waals surface area contributed by atoms with Crippen LogP contribution in [0.5, 0.6) is 17.5 Å². The summed E-state index contributed by atoms with van der Waals surface area (Å²) >= 11 is 0. The molecule has 184 valence electrons. The molecule has 1 saturated heterocycles. The minimum atomic E-state index is -1.03. The number of aliphatic hydroxyl groups is 2. The molecule has 0 bridgehead atoms. The molecule has 2 heterocycles. The summed E-state index contributed by atoms with van der Waals surface area (Å²) < 4.78 is 7.71. The van der Waals surface area contributed by atoms with Gasteiger partial charge in [0.2, 0.25) is 11.8 Å². The maximum atomic E-state index is 10.5. The van der Waals surface area contributed by atoms with Crippen LogP contribution in [0, 0.1) is 0 Å². The van der Waals surface area contributed by atoms with Gasteiger partial charge in [0.25, 0.3) is 0 Å². The number of aromatic hydroxyl groups is 2. The standard InChI is InChI=1S/C26H35N3O5/c30-20-10-11-21(31)24-23(20)25(32)29(26(24)33)13-5-12-27-14-16-28(17-15-27)19-8-3-4-9-22(19)34-18-6-1-2-7-18/h3-4,8-11,18,20-21,30-33H,1-2,5-7,12-17H2. The molecule has 8 nitrogen and oxygen atoms in total. The van der Waals surface area contributed by atoms with E-state index < -0.39 is 12.2 Å². The Morgan fingerprint density at radius 2 is 1.44 bits per heavy atom. The zero-order chi connectivity index (χ0) is 23.7. The van der Waals surface area contributed by atoms with Crippen LogP contribution in [-0.2, 0) is 6.54 Å². The molecule has 0 radical (unpaired) electrons. The lowest BCUT2D eigenvalue weighted by Gasteiger charge is -2.37. The summed E-state index contributed by atoms with van der Waals surface area (Å²) in [5.41, 5.74) is 1.56. The van der Waals surface area contributed by atoms with Crippen molar-refractivity contribution in [1.29, 1.82) is 0 Å². The molecule has 2 fully saturated rings. The van der Waals surface area contributed by atoms with Crippen molar-refractivity contribution in [3.05, 3.63) is 47.5 Å². The van der Waals surface area contributed by atoms with E-state index in [1.165, 1.54) is 35.2 Å². The second kappa shape index (κ2) is 9.90. The summed E-state index contributed by atoms with van der Waals surface area (Å²) in [5, 5.41) is 41.4. The summed E-state index contributed by atoms with van der Waals surface area (Å²) in [5.74, 6) is 0.642. The Bertz CT molecular complexity index is 986. The fraction of sp³-hybridized carbons (Fsp3) is 0.538. The summed E-state index contributed by atoms with van der Waals surface area (Å²) in [6.45, 7) is 4.94. The molecule has 1 aromatic heterocycles. The van der Waals surface area contributed by atoms with Crippen molar-refractivity contribution in [3.8, 4) is 17.5 Å². The Morgan fingerprint density at radius 3 is 2.09 bits per heavy atom. The number of ether oxygens (including phenoxy) is 1. The van der Waals surface area contributed by atoms with Crippen LogP contribution < -0.4 is 9.64 Å². The molecule has 2 unspecified atom stereocenters. The zero-order valence-corrected chi connectivity index (χ0v) is 19.5. The van der Waals surface area contributed by atoms with Crippen molar-refractivity contribution in [2.75, 3.05) is 37.6 Å². The molecule has 1 saturated carbocycles. The van der Waals surface area contributed by atoms with E-state index in [2.05, 4.69) is 28.0 Å². The Balaban J connectivity index is 1.15. The molecule has 2 aliphatic carbocycles. The smallest absolute Gasteiger partial charge is 0.200 e. The topological polar surface area (TPSA) is 102 Å². The molecule has 1 aromatic carbocycles. The van der Waals surface area contributed by atoms with E-state index in [0.29, 0.717) is 12.6 Å². The van der Waals surface area contributed by atoms with Crippen LogP contribution in [0.2, 0.25) is 0 Å². The molecule has 0 spiro atoms. The third-order valence-electron chi connectivity index (χ3n) is 7.38. The van der Waals surface area contributed by atoms with Crippen LogP contribution in [0.3, 0.4) is 0 Å². The lowest BCUT2D eigenvalue weighted by atomic mass is 9.96. The van der Waals surface area contributed by atoms with Crippen LogP contribution in [0.1, 0.15) is 55.4 Å². The first-order valence-electron chi connectivity index (χ1n) is 12.4. The van der Waals surface area contributed by atoms with Gasteiger partial charge >= 0.3 is 0 Å². The van der Waals surface area contributed by atoms with E-state index in [-0.39, 0.29) is 22.9 Å². The van der Waals surface area contributed by atoms with E-state index in [9.17, 15) is 20.4 Å². The van der Waals surface area contributed by atoms with E-state index in [0.717, 1.165) is 57.7 Å². The fourth-order valence-electron chi connectivity index (χ4n) is 5.50. The van der Waals surface area contributed by atoms with Gasteiger partial charge in [0.15, 0.2) is 0 Å². The monoisotopic (exact) mass is 469 g/mol. The van der Waals surface area contributed by atoms with Gasteiger partial charge in [0.05, 0.1) is 22.9 Å². The SMILES string of the molecule is Oc1c2c(c(O)n1CCCN1CCN(c3ccccc3OC3CCCC3)CC1)C(O)C=CC2O. The number of hydrogen-bond donors (Lipinski definition) is 4. The molecule has 34 heavy (non-hydrogen) atoms. The van der Waals surface area contributed by atoms with Crippen molar-refractivity contribution >= 4 is 5.69 Å². The second-order valence-corrected chi connectivity index (χ2v) is 9.58. The maximum absolute atomic E-state index is 10.5. The highest BCUT2D eigenvalue weighted by Gasteiger charge is 2.32. The van der Waals surface area contributed by atoms with Gasteiger partial charge in [-0.15, -0.1) is 0 Å². The van der Waals surface area contributed by atoms with Crippen molar-refractivity contribution < 1.29 is 25.2 Å². The van der Waals surface area contributed by atoms with E-state index >= 15 is 0 Å². The molecular weight excluding hydrogens is 434 g/mol. The number of nitrogens with zero attached hydrogens (tertiary/aromatic N) is 3. The first-order chi connectivity index (χ1) is 16.5. The number of piperazine rings is 1. The highest BCUT2D eigenvalue weighted by atomic mass is 16.5. The average Bonchev–Trinajstić information content (AvgIpc) is 3.45. The second-order valence-electron chi connectivity index (χ2n) is 9.58. The Hall–Kier alpha value is -2.68. The lowest BCUT2D eigenvalue weighted by Crippen LogP contribution is -2.46. The van der Waals surface area contributed by atoms with Crippen LogP contribution >= 0.6 is 0 Å². The predicted molar refractivity (Wildman–Crippen MR) is 129 cm³/mol. The summed E-state index contributed by atoms with van der Waals surface area (Å²) in [6, 6.07) is 8.35. The molecule has 0 amide bonds. The summed E-state index contributed by atoms with van der Waals surface area (Å²) in [6.07, 6.45) is 6.66. The van der Waals surface area contributed by atoms with Crippen molar-refractivity contribution in [2.45, 2.75) is 57.0 Å². The zero-order valence-electron chi connectivity index (χ0n) is 19.5. The number of aromatic nitrogens is 1. The largest absolute Gasteiger partial charge is 0.494 e. The third-order valence-corrected chi connectivity index (χ3v) is 7.38. The number of fused-ring (bicyclic) bond motifs is 1. The molecule has 3 aliphatic rings. The first-order valence-corrected chi connectivity index (χ1v) is 12.4. The molecule has 1 aliphatic heterocycles. The van der Waals surface area contributed by atoms with E-state index in [4.69, 9.17) is 4.74 Å². The highest BCUT2D eigenvalue weighted by molar-refractivity contribution is 5.59. The first kappa shape index (κ1) is 23.1. The molecule has 2 atom stereocenters. The highest BCUT2D eigenvalue weighted by Crippen LogP contribution is 2.45. The number of benzene rings is 1. The minimum Gasteiger partial charge on any atom is -0.494 e. The van der Waals surface area contributed by atoms with Gasteiger partial charge in [-0.1, -0.05) is 24.3 Å². The van der Waals surface area contributed by atoms with Gasteiger partial charge in [0.1, 0.15) is 18.0 Å². The number of rotatable bonds is 7. The number of hydrogen-bond acceptors (Lipinski definition) is 7. The number of para-hydroxylation sites is 2. The Morgan fingerprint density at radius 1 is 0.824 bits per heavy atom. The van der Waals surface area contributed by atoms with Gasteiger partial charge < -0.3 is 30.1 Å². The van der Waals surface area contributed by atoms with Crippen molar-refractivity contribution in [2.24, 2.45) is 0 Å². The summed E-state index contributed by atoms with van der Waals surface area (Å²) in [7, 11) is 0. The number of anilines is 1. The normalized spacial score (nSPS) is 23.4. The van der Waals surface area contributed by atoms with Gasteiger partial charge in [-0.05, 0) is 50.8 Å².